The molecule has 1 heterocycles. The lowest BCUT2D eigenvalue weighted by Crippen LogP contribution is -2.29. The average molecular weight is 208 g/mol. The van der Waals surface area contributed by atoms with Crippen molar-refractivity contribution >= 4 is 5.82 Å². The molecule has 1 rings (SSSR count). The number of aromatic nitrogens is 2. The zero-order chi connectivity index (χ0) is 11.4. The maximum Gasteiger partial charge on any atom is 0.130 e. The number of nitrogens with zero attached hydrogens (tertiary/aromatic N) is 2. The minimum Gasteiger partial charge on any atom is -0.367 e. The van der Waals surface area contributed by atoms with Gasteiger partial charge < -0.3 is 11.1 Å². The van der Waals surface area contributed by atoms with Gasteiger partial charge in [0.25, 0.3) is 0 Å². The predicted octanol–water partition coefficient (Wildman–Crippen LogP) is 1.49. The molecule has 15 heavy (non-hydrogen) atoms. The normalized spacial score (nSPS) is 14.7. The molecule has 4 heteroatoms. The van der Waals surface area contributed by atoms with E-state index in [0.717, 1.165) is 17.3 Å². The Morgan fingerprint density at radius 3 is 2.53 bits per heavy atom. The van der Waals surface area contributed by atoms with E-state index < -0.39 is 0 Å². The average Bonchev–Trinajstić information content (AvgIpc) is 2.14. The molecule has 1 aromatic heterocycles. The minimum absolute atomic E-state index is 0.323. The summed E-state index contributed by atoms with van der Waals surface area (Å²) in [4.78, 5) is 8.56. The molecule has 4 nitrogen and oxygen atoms in total. The topological polar surface area (TPSA) is 63.8 Å². The van der Waals surface area contributed by atoms with E-state index in [-0.39, 0.29) is 0 Å². The maximum atomic E-state index is 5.61. The number of aryl methyl sites for hydroxylation is 2. The lowest BCUT2D eigenvalue weighted by Gasteiger charge is -2.20. The van der Waals surface area contributed by atoms with E-state index in [1.165, 1.54) is 0 Å². The van der Waals surface area contributed by atoms with E-state index in [0.29, 0.717) is 18.5 Å². The molecule has 0 radical (unpaired) electrons. The van der Waals surface area contributed by atoms with Crippen LogP contribution in [0.25, 0.3) is 0 Å². The molecule has 0 spiro atoms. The van der Waals surface area contributed by atoms with Gasteiger partial charge in [0.1, 0.15) is 11.6 Å². The van der Waals surface area contributed by atoms with Gasteiger partial charge in [0.05, 0.1) is 0 Å². The fraction of sp³-hybridized carbons (Fsp3) is 0.636. The maximum absolute atomic E-state index is 5.61. The third-order valence-electron chi connectivity index (χ3n) is 2.57. The molecule has 0 saturated heterocycles. The summed E-state index contributed by atoms with van der Waals surface area (Å²) in [6, 6.07) is 2.27. The Hall–Kier alpha value is -1.16. The Balaban J connectivity index is 2.72. The molecule has 0 fully saturated rings. The first kappa shape index (κ1) is 11.9. The van der Waals surface area contributed by atoms with Crippen molar-refractivity contribution < 1.29 is 0 Å². The Bertz CT molecular complexity index is 304. The third kappa shape index (κ3) is 3.47. The van der Waals surface area contributed by atoms with Crippen molar-refractivity contribution in [2.24, 2.45) is 11.7 Å². The van der Waals surface area contributed by atoms with Gasteiger partial charge in [0, 0.05) is 17.8 Å². The van der Waals surface area contributed by atoms with Crippen molar-refractivity contribution in [2.45, 2.75) is 33.7 Å². The second-order valence-corrected chi connectivity index (χ2v) is 4.09. The lowest BCUT2D eigenvalue weighted by molar-refractivity contribution is 0.520. The van der Waals surface area contributed by atoms with Crippen molar-refractivity contribution in [3.05, 3.63) is 17.6 Å². The quantitative estimate of drug-likeness (QED) is 0.787. The summed E-state index contributed by atoms with van der Waals surface area (Å²) in [6.45, 7) is 8.78. The number of anilines is 1. The van der Waals surface area contributed by atoms with Crippen LogP contribution in [0.4, 0.5) is 5.82 Å². The monoisotopic (exact) mass is 208 g/mol. The molecule has 0 aliphatic rings. The Morgan fingerprint density at radius 1 is 1.33 bits per heavy atom. The van der Waals surface area contributed by atoms with Crippen LogP contribution in [0.3, 0.4) is 0 Å². The minimum atomic E-state index is 0.323. The van der Waals surface area contributed by atoms with Crippen LogP contribution < -0.4 is 11.1 Å². The zero-order valence-electron chi connectivity index (χ0n) is 9.91. The zero-order valence-corrected chi connectivity index (χ0v) is 9.91. The second kappa shape index (κ2) is 5.07. The molecule has 0 aliphatic heterocycles. The van der Waals surface area contributed by atoms with Crippen LogP contribution in [0.15, 0.2) is 6.07 Å². The number of hydrogen-bond acceptors (Lipinski definition) is 4. The van der Waals surface area contributed by atoms with Gasteiger partial charge in [-0.2, -0.15) is 0 Å². The highest BCUT2D eigenvalue weighted by molar-refractivity contribution is 5.36. The third-order valence-corrected chi connectivity index (χ3v) is 2.57. The Morgan fingerprint density at radius 2 is 2.00 bits per heavy atom. The van der Waals surface area contributed by atoms with Crippen molar-refractivity contribution in [1.29, 1.82) is 0 Å². The fourth-order valence-corrected chi connectivity index (χ4v) is 1.37. The SMILES string of the molecule is Cc1cc(NC(C)C(C)CN)nc(C)n1. The summed E-state index contributed by atoms with van der Waals surface area (Å²) in [6.07, 6.45) is 0. The molecule has 0 amide bonds. The fourth-order valence-electron chi connectivity index (χ4n) is 1.37. The highest BCUT2D eigenvalue weighted by atomic mass is 15.0. The standard InChI is InChI=1S/C11H20N4/c1-7(6-12)9(3)14-11-5-8(2)13-10(4)15-11/h5,7,9H,6,12H2,1-4H3,(H,13,14,15). The van der Waals surface area contributed by atoms with Gasteiger partial charge >= 0.3 is 0 Å². The van der Waals surface area contributed by atoms with Gasteiger partial charge in [-0.05, 0) is 33.2 Å². The first-order valence-corrected chi connectivity index (χ1v) is 5.31. The molecule has 1 aromatic rings. The summed E-state index contributed by atoms with van der Waals surface area (Å²) >= 11 is 0. The molecule has 3 N–H and O–H groups in total. The smallest absolute Gasteiger partial charge is 0.130 e. The second-order valence-electron chi connectivity index (χ2n) is 4.09. The largest absolute Gasteiger partial charge is 0.367 e. The molecular weight excluding hydrogens is 188 g/mol. The summed E-state index contributed by atoms with van der Waals surface area (Å²) in [7, 11) is 0. The van der Waals surface area contributed by atoms with Crippen LogP contribution in [0.1, 0.15) is 25.4 Å². The van der Waals surface area contributed by atoms with Crippen molar-refractivity contribution in [1.82, 2.24) is 9.97 Å². The van der Waals surface area contributed by atoms with Crippen LogP contribution >= 0.6 is 0 Å². The Kier molecular flexibility index (Phi) is 4.03. The van der Waals surface area contributed by atoms with Gasteiger partial charge in [-0.1, -0.05) is 6.92 Å². The highest BCUT2D eigenvalue weighted by Gasteiger charge is 2.10. The molecule has 84 valence electrons. The van der Waals surface area contributed by atoms with E-state index in [4.69, 9.17) is 5.73 Å². The summed E-state index contributed by atoms with van der Waals surface area (Å²) < 4.78 is 0. The summed E-state index contributed by atoms with van der Waals surface area (Å²) in [5, 5.41) is 3.34. The molecule has 0 aromatic carbocycles. The van der Waals surface area contributed by atoms with Gasteiger partial charge in [-0.15, -0.1) is 0 Å². The number of nitrogens with one attached hydrogen (secondary N) is 1. The van der Waals surface area contributed by atoms with Gasteiger partial charge in [-0.25, -0.2) is 9.97 Å². The van der Waals surface area contributed by atoms with Crippen molar-refractivity contribution in [3.63, 3.8) is 0 Å². The Labute approximate surface area is 91.3 Å². The molecular formula is C11H20N4. The van der Waals surface area contributed by atoms with Crippen molar-refractivity contribution in [2.75, 3.05) is 11.9 Å². The van der Waals surface area contributed by atoms with Crippen molar-refractivity contribution in [3.8, 4) is 0 Å². The molecule has 2 atom stereocenters. The van der Waals surface area contributed by atoms with E-state index in [1.807, 2.05) is 19.9 Å². The first-order valence-electron chi connectivity index (χ1n) is 5.31. The number of rotatable bonds is 4. The van der Waals surface area contributed by atoms with Gasteiger partial charge in [0.15, 0.2) is 0 Å². The summed E-state index contributed by atoms with van der Waals surface area (Å²) in [5.74, 6) is 2.11. The van der Waals surface area contributed by atoms with Gasteiger partial charge in [0.2, 0.25) is 0 Å². The summed E-state index contributed by atoms with van der Waals surface area (Å²) in [5.41, 5.74) is 6.60. The van der Waals surface area contributed by atoms with Crippen LogP contribution in [-0.2, 0) is 0 Å². The molecule has 0 aliphatic carbocycles. The predicted molar refractivity (Wildman–Crippen MR) is 62.8 cm³/mol. The molecule has 2 unspecified atom stereocenters. The van der Waals surface area contributed by atoms with Crippen LogP contribution in [0.2, 0.25) is 0 Å². The molecule has 0 saturated carbocycles. The van der Waals surface area contributed by atoms with Crippen LogP contribution in [0, 0.1) is 19.8 Å². The first-order chi connectivity index (χ1) is 7.02. The van der Waals surface area contributed by atoms with Gasteiger partial charge in [-0.3, -0.25) is 0 Å². The van der Waals surface area contributed by atoms with E-state index in [2.05, 4.69) is 29.1 Å². The van der Waals surface area contributed by atoms with E-state index in [1.54, 1.807) is 0 Å². The van der Waals surface area contributed by atoms with E-state index in [9.17, 15) is 0 Å². The highest BCUT2D eigenvalue weighted by Crippen LogP contribution is 2.10. The lowest BCUT2D eigenvalue weighted by atomic mass is 10.0. The van der Waals surface area contributed by atoms with Crippen LogP contribution in [-0.4, -0.2) is 22.6 Å². The van der Waals surface area contributed by atoms with E-state index >= 15 is 0 Å². The molecule has 0 bridgehead atoms. The number of nitrogens with two attached hydrogens (primary N) is 1. The van der Waals surface area contributed by atoms with Crippen LogP contribution in [0.5, 0.6) is 0 Å². The number of hydrogen-bond donors (Lipinski definition) is 2.